The predicted molar refractivity (Wildman–Crippen MR) is 57.3 cm³/mol. The Morgan fingerprint density at radius 3 is 2.92 bits per heavy atom. The van der Waals surface area contributed by atoms with Gasteiger partial charge in [-0.3, -0.25) is 0 Å². The summed E-state index contributed by atoms with van der Waals surface area (Å²) in [5, 5.41) is 8.83. The minimum atomic E-state index is 0.806. The summed E-state index contributed by atoms with van der Waals surface area (Å²) in [5.41, 5.74) is 0.869. The second kappa shape index (κ2) is 3.44. The lowest BCUT2D eigenvalue weighted by molar-refractivity contribution is 1.17. The van der Waals surface area contributed by atoms with Gasteiger partial charge >= 0.3 is 0 Å². The smallest absolute Gasteiger partial charge is 0.0940 e. The maximum atomic E-state index is 5.88. The third-order valence-corrected chi connectivity index (χ3v) is 2.92. The van der Waals surface area contributed by atoms with Gasteiger partial charge in [-0.05, 0) is 23.6 Å². The fourth-order valence-electron chi connectivity index (χ4n) is 1.17. The Morgan fingerprint density at radius 2 is 2.15 bits per heavy atom. The Kier molecular flexibility index (Phi) is 2.29. The zero-order valence-electron chi connectivity index (χ0n) is 6.99. The van der Waals surface area contributed by atoms with E-state index in [9.17, 15) is 0 Å². The molecule has 2 aromatic rings. The minimum absolute atomic E-state index is 0.806. The highest BCUT2D eigenvalue weighted by atomic mass is 35.5. The van der Waals surface area contributed by atoms with Gasteiger partial charge in [0.05, 0.1) is 10.0 Å². The summed E-state index contributed by atoms with van der Waals surface area (Å²) >= 11 is 7.43. The first kappa shape index (κ1) is 8.66. The van der Waals surface area contributed by atoms with Gasteiger partial charge < -0.3 is 0 Å². The normalized spacial score (nSPS) is 11.5. The molecule has 0 aliphatic heterocycles. The van der Waals surface area contributed by atoms with Crippen LogP contribution in [-0.2, 0) is 0 Å². The highest BCUT2D eigenvalue weighted by Gasteiger charge is 1.99. The molecule has 0 atom stereocenters. The highest BCUT2D eigenvalue weighted by Crippen LogP contribution is 2.31. The fraction of sp³-hybridized carbons (Fsp3) is 0.111. The molecule has 1 heterocycles. The molecule has 0 aliphatic carbocycles. The van der Waals surface area contributed by atoms with E-state index in [2.05, 4.69) is 10.2 Å². The first-order valence-corrected chi connectivity index (χ1v) is 4.98. The Bertz CT molecular complexity index is 462. The summed E-state index contributed by atoms with van der Waals surface area (Å²) in [6.07, 6.45) is 0. The highest BCUT2D eigenvalue weighted by molar-refractivity contribution is 7.22. The van der Waals surface area contributed by atoms with Crippen LogP contribution in [0.3, 0.4) is 0 Å². The van der Waals surface area contributed by atoms with E-state index in [4.69, 9.17) is 11.6 Å². The molecule has 4 heteroatoms. The van der Waals surface area contributed by atoms with Gasteiger partial charge in [0, 0.05) is 11.7 Å². The van der Waals surface area contributed by atoms with Crippen LogP contribution in [0.4, 0.5) is 5.69 Å². The molecule has 0 radical (unpaired) electrons. The predicted octanol–water partition coefficient (Wildman–Crippen LogP) is 4.27. The maximum absolute atomic E-state index is 5.88. The van der Waals surface area contributed by atoms with Crippen LogP contribution in [0.2, 0.25) is 4.34 Å². The van der Waals surface area contributed by atoms with E-state index in [0.717, 1.165) is 20.1 Å². The minimum Gasteiger partial charge on any atom is -0.192 e. The van der Waals surface area contributed by atoms with Crippen molar-refractivity contribution in [1.82, 2.24) is 0 Å². The number of nitrogens with zero attached hydrogens (tertiary/aromatic N) is 2. The van der Waals surface area contributed by atoms with Crippen molar-refractivity contribution < 1.29 is 0 Å². The summed E-state index contributed by atoms with van der Waals surface area (Å²) in [6.45, 7) is 0. The molecule has 0 aliphatic rings. The van der Waals surface area contributed by atoms with Crippen LogP contribution in [0.25, 0.3) is 10.1 Å². The van der Waals surface area contributed by atoms with Crippen LogP contribution in [0.1, 0.15) is 0 Å². The number of hydrogen-bond acceptors (Lipinski definition) is 3. The molecule has 0 bridgehead atoms. The molecule has 2 nitrogen and oxygen atoms in total. The largest absolute Gasteiger partial charge is 0.192 e. The van der Waals surface area contributed by atoms with Gasteiger partial charge in [-0.1, -0.05) is 17.7 Å². The summed E-state index contributed by atoms with van der Waals surface area (Å²) in [4.78, 5) is 0. The standard InChI is InChI=1S/C9H7ClN2S/c1-11-12-7-3-2-6-4-9(10)13-8(6)5-7/h2-5H,1H3/b12-11+. The molecule has 0 amide bonds. The zero-order valence-corrected chi connectivity index (χ0v) is 8.56. The van der Waals surface area contributed by atoms with Gasteiger partial charge in [-0.15, -0.1) is 11.3 Å². The van der Waals surface area contributed by atoms with E-state index in [0.29, 0.717) is 0 Å². The van der Waals surface area contributed by atoms with E-state index in [1.54, 1.807) is 18.4 Å². The maximum Gasteiger partial charge on any atom is 0.0940 e. The van der Waals surface area contributed by atoms with E-state index in [1.807, 2.05) is 24.3 Å². The number of azo groups is 1. The number of fused-ring (bicyclic) bond motifs is 1. The van der Waals surface area contributed by atoms with Crippen LogP contribution >= 0.6 is 22.9 Å². The third kappa shape index (κ3) is 1.71. The van der Waals surface area contributed by atoms with Gasteiger partial charge in [0.15, 0.2) is 0 Å². The van der Waals surface area contributed by atoms with Crippen molar-refractivity contribution in [3.8, 4) is 0 Å². The van der Waals surface area contributed by atoms with Gasteiger partial charge in [-0.2, -0.15) is 10.2 Å². The van der Waals surface area contributed by atoms with Crippen molar-refractivity contribution >= 4 is 38.7 Å². The van der Waals surface area contributed by atoms with Crippen LogP contribution in [0.15, 0.2) is 34.5 Å². The molecular formula is C9H7ClN2S. The Morgan fingerprint density at radius 1 is 1.31 bits per heavy atom. The summed E-state index contributed by atoms with van der Waals surface area (Å²) in [5.74, 6) is 0. The lowest BCUT2D eigenvalue weighted by Crippen LogP contribution is -1.63. The second-order valence-electron chi connectivity index (χ2n) is 2.57. The van der Waals surface area contributed by atoms with Crippen LogP contribution < -0.4 is 0 Å². The third-order valence-electron chi connectivity index (χ3n) is 1.69. The molecule has 0 fully saturated rings. The summed E-state index contributed by atoms with van der Waals surface area (Å²) in [7, 11) is 1.66. The molecule has 0 saturated carbocycles. The van der Waals surface area contributed by atoms with Crippen molar-refractivity contribution in [2.75, 3.05) is 7.05 Å². The Balaban J connectivity index is 2.61. The molecule has 0 unspecified atom stereocenters. The first-order chi connectivity index (χ1) is 6.29. The molecule has 0 spiro atoms. The van der Waals surface area contributed by atoms with Crippen molar-refractivity contribution in [3.63, 3.8) is 0 Å². The molecule has 2 rings (SSSR count). The number of thiophene rings is 1. The number of hydrogen-bond donors (Lipinski definition) is 0. The number of rotatable bonds is 1. The zero-order chi connectivity index (χ0) is 9.26. The van der Waals surface area contributed by atoms with E-state index in [1.165, 1.54) is 0 Å². The number of benzene rings is 1. The molecular weight excluding hydrogens is 204 g/mol. The average molecular weight is 211 g/mol. The van der Waals surface area contributed by atoms with Crippen LogP contribution in [0.5, 0.6) is 0 Å². The fourth-order valence-corrected chi connectivity index (χ4v) is 2.35. The monoisotopic (exact) mass is 210 g/mol. The van der Waals surface area contributed by atoms with Crippen molar-refractivity contribution in [2.45, 2.75) is 0 Å². The molecule has 0 N–H and O–H groups in total. The Labute approximate surface area is 84.9 Å². The Hall–Kier alpha value is -0.930. The lowest BCUT2D eigenvalue weighted by atomic mass is 10.2. The first-order valence-electron chi connectivity index (χ1n) is 3.78. The van der Waals surface area contributed by atoms with E-state index < -0.39 is 0 Å². The van der Waals surface area contributed by atoms with Crippen LogP contribution in [-0.4, -0.2) is 7.05 Å². The summed E-state index contributed by atoms with van der Waals surface area (Å²) in [6, 6.07) is 7.87. The second-order valence-corrected chi connectivity index (χ2v) is 4.29. The molecule has 1 aromatic carbocycles. The summed E-state index contributed by atoms with van der Waals surface area (Å²) < 4.78 is 1.95. The van der Waals surface area contributed by atoms with Gasteiger partial charge in [-0.25, -0.2) is 0 Å². The lowest BCUT2D eigenvalue weighted by Gasteiger charge is -1.90. The number of halogens is 1. The van der Waals surface area contributed by atoms with Crippen molar-refractivity contribution in [2.24, 2.45) is 10.2 Å². The SMILES string of the molecule is C/N=N/c1ccc2cc(Cl)sc2c1. The topological polar surface area (TPSA) is 24.7 Å². The average Bonchev–Trinajstić information content (AvgIpc) is 2.44. The van der Waals surface area contributed by atoms with Crippen molar-refractivity contribution in [3.05, 3.63) is 28.6 Å². The molecule has 1 aromatic heterocycles. The quantitative estimate of drug-likeness (QED) is 0.628. The van der Waals surface area contributed by atoms with E-state index in [-0.39, 0.29) is 0 Å². The van der Waals surface area contributed by atoms with Crippen molar-refractivity contribution in [1.29, 1.82) is 0 Å². The van der Waals surface area contributed by atoms with Gasteiger partial charge in [0.2, 0.25) is 0 Å². The molecule has 0 saturated heterocycles. The van der Waals surface area contributed by atoms with Gasteiger partial charge in [0.25, 0.3) is 0 Å². The molecule has 13 heavy (non-hydrogen) atoms. The van der Waals surface area contributed by atoms with Gasteiger partial charge in [0.1, 0.15) is 0 Å². The van der Waals surface area contributed by atoms with E-state index >= 15 is 0 Å². The van der Waals surface area contributed by atoms with Crippen LogP contribution in [0, 0.1) is 0 Å². The molecule has 66 valence electrons.